The van der Waals surface area contributed by atoms with Crippen LogP contribution in [-0.2, 0) is 17.8 Å². The van der Waals surface area contributed by atoms with Crippen LogP contribution in [0.25, 0.3) is 0 Å². The van der Waals surface area contributed by atoms with Crippen LogP contribution in [0.2, 0.25) is 0 Å². The predicted molar refractivity (Wildman–Crippen MR) is 79.6 cm³/mol. The molecule has 110 valence electrons. The summed E-state index contributed by atoms with van der Waals surface area (Å²) in [6, 6.07) is 13.9. The lowest BCUT2D eigenvalue weighted by atomic mass is 10.1. The summed E-state index contributed by atoms with van der Waals surface area (Å²) in [6.45, 7) is 0.458. The lowest BCUT2D eigenvalue weighted by Gasteiger charge is -2.07. The summed E-state index contributed by atoms with van der Waals surface area (Å²) in [7, 11) is 1.61. The van der Waals surface area contributed by atoms with E-state index in [1.165, 1.54) is 12.1 Å². The van der Waals surface area contributed by atoms with Crippen molar-refractivity contribution in [1.82, 2.24) is 5.32 Å². The standard InChI is InChI=1S/C17H18FNO2/c1-21-16-7-3-5-14(11-16)12-19-17(20)9-8-13-4-2-6-15(18)10-13/h2-7,10-11H,8-9,12H2,1H3,(H,19,20). The van der Waals surface area contributed by atoms with Crippen molar-refractivity contribution in [2.45, 2.75) is 19.4 Å². The molecule has 1 amide bonds. The van der Waals surface area contributed by atoms with Crippen LogP contribution in [0.15, 0.2) is 48.5 Å². The van der Waals surface area contributed by atoms with Gasteiger partial charge in [0.2, 0.25) is 5.91 Å². The highest BCUT2D eigenvalue weighted by Gasteiger charge is 2.04. The first-order chi connectivity index (χ1) is 10.2. The number of ether oxygens (including phenoxy) is 1. The summed E-state index contributed by atoms with van der Waals surface area (Å²) in [5, 5.41) is 2.85. The van der Waals surface area contributed by atoms with Crippen LogP contribution >= 0.6 is 0 Å². The number of benzene rings is 2. The van der Waals surface area contributed by atoms with E-state index in [1.54, 1.807) is 13.2 Å². The van der Waals surface area contributed by atoms with Gasteiger partial charge in [-0.3, -0.25) is 4.79 Å². The molecule has 4 heteroatoms. The molecule has 0 spiro atoms. The smallest absolute Gasteiger partial charge is 0.220 e. The molecule has 3 nitrogen and oxygen atoms in total. The van der Waals surface area contributed by atoms with Gasteiger partial charge in [-0.25, -0.2) is 4.39 Å². The zero-order valence-electron chi connectivity index (χ0n) is 11.9. The zero-order valence-corrected chi connectivity index (χ0v) is 11.9. The highest BCUT2D eigenvalue weighted by Crippen LogP contribution is 2.12. The van der Waals surface area contributed by atoms with E-state index in [2.05, 4.69) is 5.32 Å². The minimum Gasteiger partial charge on any atom is -0.497 e. The Balaban J connectivity index is 1.79. The Kier molecular flexibility index (Phi) is 5.32. The van der Waals surface area contributed by atoms with Gasteiger partial charge in [0.25, 0.3) is 0 Å². The number of hydrogen-bond donors (Lipinski definition) is 1. The maximum atomic E-state index is 13.0. The molecule has 0 bridgehead atoms. The first-order valence-electron chi connectivity index (χ1n) is 6.81. The van der Waals surface area contributed by atoms with Crippen LogP contribution in [0, 0.1) is 5.82 Å². The Morgan fingerprint density at radius 2 is 1.90 bits per heavy atom. The van der Waals surface area contributed by atoms with Crippen molar-refractivity contribution in [1.29, 1.82) is 0 Å². The first-order valence-corrected chi connectivity index (χ1v) is 6.81. The van der Waals surface area contributed by atoms with E-state index < -0.39 is 0 Å². The fraction of sp³-hybridized carbons (Fsp3) is 0.235. The van der Waals surface area contributed by atoms with Gasteiger partial charge in [-0.15, -0.1) is 0 Å². The molecule has 0 aliphatic carbocycles. The number of rotatable bonds is 6. The fourth-order valence-corrected chi connectivity index (χ4v) is 2.02. The summed E-state index contributed by atoms with van der Waals surface area (Å²) in [6.07, 6.45) is 0.870. The van der Waals surface area contributed by atoms with Crippen LogP contribution in [-0.4, -0.2) is 13.0 Å². The Morgan fingerprint density at radius 1 is 1.14 bits per heavy atom. The monoisotopic (exact) mass is 287 g/mol. The molecule has 0 aliphatic rings. The van der Waals surface area contributed by atoms with E-state index in [0.717, 1.165) is 16.9 Å². The number of halogens is 1. The molecule has 2 aromatic rings. The van der Waals surface area contributed by atoms with Crippen molar-refractivity contribution in [3.63, 3.8) is 0 Å². The first kappa shape index (κ1) is 15.0. The number of nitrogens with one attached hydrogen (secondary N) is 1. The zero-order chi connectivity index (χ0) is 15.1. The van der Waals surface area contributed by atoms with E-state index in [1.807, 2.05) is 30.3 Å². The van der Waals surface area contributed by atoms with Crippen molar-refractivity contribution in [2.75, 3.05) is 7.11 Å². The van der Waals surface area contributed by atoms with Crippen LogP contribution in [0.5, 0.6) is 5.75 Å². The quantitative estimate of drug-likeness (QED) is 0.886. The molecule has 0 saturated heterocycles. The second-order valence-corrected chi connectivity index (χ2v) is 4.76. The van der Waals surface area contributed by atoms with Crippen molar-refractivity contribution in [3.8, 4) is 5.75 Å². The molecular weight excluding hydrogens is 269 g/mol. The van der Waals surface area contributed by atoms with Crippen molar-refractivity contribution in [3.05, 3.63) is 65.5 Å². The number of aryl methyl sites for hydroxylation is 1. The lowest BCUT2D eigenvalue weighted by molar-refractivity contribution is -0.121. The van der Waals surface area contributed by atoms with Gasteiger partial charge in [-0.05, 0) is 41.8 Å². The van der Waals surface area contributed by atoms with Gasteiger partial charge >= 0.3 is 0 Å². The maximum Gasteiger partial charge on any atom is 0.220 e. The van der Waals surface area contributed by atoms with E-state index in [4.69, 9.17) is 4.74 Å². The highest BCUT2D eigenvalue weighted by atomic mass is 19.1. The summed E-state index contributed by atoms with van der Waals surface area (Å²) >= 11 is 0. The van der Waals surface area contributed by atoms with E-state index in [-0.39, 0.29) is 11.7 Å². The van der Waals surface area contributed by atoms with Crippen LogP contribution in [0.4, 0.5) is 4.39 Å². The Bertz CT molecular complexity index is 613. The minimum atomic E-state index is -0.274. The molecule has 0 aliphatic heterocycles. The second kappa shape index (κ2) is 7.43. The number of hydrogen-bond acceptors (Lipinski definition) is 2. The molecule has 0 aromatic heterocycles. The summed E-state index contributed by atoms with van der Waals surface area (Å²) in [5.74, 6) is 0.438. The number of carbonyl (C=O) groups excluding carboxylic acids is 1. The molecule has 2 rings (SSSR count). The predicted octanol–water partition coefficient (Wildman–Crippen LogP) is 3.08. The SMILES string of the molecule is COc1cccc(CNC(=O)CCc2cccc(F)c2)c1. The lowest BCUT2D eigenvalue weighted by Crippen LogP contribution is -2.23. The molecule has 21 heavy (non-hydrogen) atoms. The fourth-order valence-electron chi connectivity index (χ4n) is 2.02. The summed E-state index contributed by atoms with van der Waals surface area (Å²) in [4.78, 5) is 11.8. The van der Waals surface area contributed by atoms with Gasteiger partial charge in [0.05, 0.1) is 7.11 Å². The number of amides is 1. The molecule has 0 heterocycles. The van der Waals surface area contributed by atoms with Gasteiger partial charge < -0.3 is 10.1 Å². The van der Waals surface area contributed by atoms with Crippen molar-refractivity contribution in [2.24, 2.45) is 0 Å². The normalized spacial score (nSPS) is 10.2. The second-order valence-electron chi connectivity index (χ2n) is 4.76. The molecule has 0 radical (unpaired) electrons. The topological polar surface area (TPSA) is 38.3 Å². The molecule has 1 N–H and O–H groups in total. The summed E-state index contributed by atoms with van der Waals surface area (Å²) in [5.41, 5.74) is 1.81. The third-order valence-electron chi connectivity index (χ3n) is 3.15. The number of carbonyl (C=O) groups is 1. The molecule has 2 aromatic carbocycles. The maximum absolute atomic E-state index is 13.0. The van der Waals surface area contributed by atoms with Crippen molar-refractivity contribution >= 4 is 5.91 Å². The Morgan fingerprint density at radius 3 is 2.67 bits per heavy atom. The van der Waals surface area contributed by atoms with E-state index >= 15 is 0 Å². The third kappa shape index (κ3) is 4.91. The average molecular weight is 287 g/mol. The minimum absolute atomic E-state index is 0.0536. The molecule has 0 fully saturated rings. The van der Waals surface area contributed by atoms with Gasteiger partial charge in [0.1, 0.15) is 11.6 Å². The highest BCUT2D eigenvalue weighted by molar-refractivity contribution is 5.76. The Hall–Kier alpha value is -2.36. The van der Waals surface area contributed by atoms with Gasteiger partial charge in [-0.1, -0.05) is 24.3 Å². The van der Waals surface area contributed by atoms with Crippen LogP contribution < -0.4 is 10.1 Å². The molecule has 0 atom stereocenters. The van der Waals surface area contributed by atoms with E-state index in [9.17, 15) is 9.18 Å². The molecule has 0 saturated carbocycles. The average Bonchev–Trinajstić information content (AvgIpc) is 2.51. The molecule has 0 unspecified atom stereocenters. The largest absolute Gasteiger partial charge is 0.497 e. The third-order valence-corrected chi connectivity index (χ3v) is 3.15. The Labute approximate surface area is 123 Å². The van der Waals surface area contributed by atoms with Gasteiger partial charge in [0, 0.05) is 13.0 Å². The van der Waals surface area contributed by atoms with Crippen molar-refractivity contribution < 1.29 is 13.9 Å². The van der Waals surface area contributed by atoms with Crippen LogP contribution in [0.3, 0.4) is 0 Å². The van der Waals surface area contributed by atoms with E-state index in [0.29, 0.717) is 19.4 Å². The van der Waals surface area contributed by atoms with Gasteiger partial charge in [-0.2, -0.15) is 0 Å². The number of methoxy groups -OCH3 is 1. The van der Waals surface area contributed by atoms with Gasteiger partial charge in [0.15, 0.2) is 0 Å². The molecular formula is C17H18FNO2. The van der Waals surface area contributed by atoms with Crippen LogP contribution in [0.1, 0.15) is 17.5 Å². The summed E-state index contributed by atoms with van der Waals surface area (Å²) < 4.78 is 18.1.